The van der Waals surface area contributed by atoms with Crippen LogP contribution in [0.3, 0.4) is 0 Å². The molecule has 0 aliphatic rings. The first-order valence-corrected chi connectivity index (χ1v) is 6.63. The van der Waals surface area contributed by atoms with Crippen LogP contribution < -0.4 is 10.6 Å². The standard InChI is InChI=1S/C15H16F2N4O/c1-15(2,3)19-13-7-6-12(20-21-13)18-14(22)9-4-5-10(16)11(17)8-9/h4-8H,1-3H3,(H,19,21)(H,18,20,22). The monoisotopic (exact) mass is 306 g/mol. The summed E-state index contributed by atoms with van der Waals surface area (Å²) in [6.07, 6.45) is 0. The lowest BCUT2D eigenvalue weighted by Crippen LogP contribution is -2.26. The highest BCUT2D eigenvalue weighted by molar-refractivity contribution is 6.03. The number of carbonyl (C=O) groups excluding carboxylic acids is 1. The van der Waals surface area contributed by atoms with Gasteiger partial charge in [0.05, 0.1) is 0 Å². The summed E-state index contributed by atoms with van der Waals surface area (Å²) in [7, 11) is 0. The van der Waals surface area contributed by atoms with E-state index in [1.807, 2.05) is 20.8 Å². The number of hydrogen-bond acceptors (Lipinski definition) is 4. The number of hydrogen-bond donors (Lipinski definition) is 2. The molecule has 1 heterocycles. The number of rotatable bonds is 3. The van der Waals surface area contributed by atoms with E-state index in [0.29, 0.717) is 5.82 Å². The van der Waals surface area contributed by atoms with E-state index in [9.17, 15) is 13.6 Å². The van der Waals surface area contributed by atoms with Gasteiger partial charge in [0.15, 0.2) is 17.5 Å². The zero-order valence-corrected chi connectivity index (χ0v) is 12.4. The van der Waals surface area contributed by atoms with E-state index in [4.69, 9.17) is 0 Å². The van der Waals surface area contributed by atoms with Crippen LogP contribution in [0.2, 0.25) is 0 Å². The second kappa shape index (κ2) is 6.05. The Bertz CT molecular complexity index is 681. The molecule has 2 N–H and O–H groups in total. The summed E-state index contributed by atoms with van der Waals surface area (Å²) in [5.41, 5.74) is -0.164. The largest absolute Gasteiger partial charge is 0.364 e. The van der Waals surface area contributed by atoms with Gasteiger partial charge in [-0.25, -0.2) is 8.78 Å². The number of aromatic nitrogens is 2. The molecule has 0 aliphatic carbocycles. The van der Waals surface area contributed by atoms with Crippen molar-refractivity contribution in [3.05, 3.63) is 47.5 Å². The highest BCUT2D eigenvalue weighted by Gasteiger charge is 2.12. The molecule has 1 aromatic carbocycles. The van der Waals surface area contributed by atoms with E-state index in [1.54, 1.807) is 12.1 Å². The second-order valence-corrected chi connectivity index (χ2v) is 5.76. The van der Waals surface area contributed by atoms with Crippen molar-refractivity contribution in [3.63, 3.8) is 0 Å². The molecule has 7 heteroatoms. The number of anilines is 2. The van der Waals surface area contributed by atoms with Crippen molar-refractivity contribution in [2.24, 2.45) is 0 Å². The summed E-state index contributed by atoms with van der Waals surface area (Å²) in [5.74, 6) is -1.89. The van der Waals surface area contributed by atoms with Gasteiger partial charge in [-0.3, -0.25) is 4.79 Å². The predicted octanol–water partition coefficient (Wildman–Crippen LogP) is 3.22. The maximum atomic E-state index is 13.1. The zero-order valence-electron chi connectivity index (χ0n) is 12.4. The van der Waals surface area contributed by atoms with E-state index in [2.05, 4.69) is 20.8 Å². The van der Waals surface area contributed by atoms with Gasteiger partial charge < -0.3 is 10.6 Å². The Kier molecular flexibility index (Phi) is 4.35. The molecule has 0 spiro atoms. The molecule has 5 nitrogen and oxygen atoms in total. The SMILES string of the molecule is CC(C)(C)Nc1ccc(NC(=O)c2ccc(F)c(F)c2)nn1. The van der Waals surface area contributed by atoms with Crippen LogP contribution in [-0.2, 0) is 0 Å². The van der Waals surface area contributed by atoms with Crippen molar-refractivity contribution in [2.75, 3.05) is 10.6 Å². The molecule has 2 rings (SSSR count). The van der Waals surface area contributed by atoms with Crippen LogP contribution in [-0.4, -0.2) is 21.6 Å². The maximum Gasteiger partial charge on any atom is 0.256 e. The van der Waals surface area contributed by atoms with Crippen LogP contribution in [0, 0.1) is 11.6 Å². The number of carbonyl (C=O) groups is 1. The molecule has 0 bridgehead atoms. The summed E-state index contributed by atoms with van der Waals surface area (Å²) in [6, 6.07) is 6.15. The third kappa shape index (κ3) is 4.21. The van der Waals surface area contributed by atoms with Crippen molar-refractivity contribution in [2.45, 2.75) is 26.3 Å². The molecule has 116 valence electrons. The fourth-order valence-corrected chi connectivity index (χ4v) is 1.68. The molecular weight excluding hydrogens is 290 g/mol. The van der Waals surface area contributed by atoms with Gasteiger partial charge in [0.1, 0.15) is 5.82 Å². The molecule has 1 amide bonds. The molecule has 0 unspecified atom stereocenters. The maximum absolute atomic E-state index is 13.1. The topological polar surface area (TPSA) is 66.9 Å². The molecule has 0 saturated carbocycles. The van der Waals surface area contributed by atoms with Gasteiger partial charge >= 0.3 is 0 Å². The number of amides is 1. The first kappa shape index (κ1) is 15.8. The zero-order chi connectivity index (χ0) is 16.3. The third-order valence-corrected chi connectivity index (χ3v) is 2.59. The van der Waals surface area contributed by atoms with E-state index >= 15 is 0 Å². The van der Waals surface area contributed by atoms with Gasteiger partial charge in [-0.1, -0.05) is 0 Å². The van der Waals surface area contributed by atoms with Crippen molar-refractivity contribution in [1.82, 2.24) is 10.2 Å². The second-order valence-electron chi connectivity index (χ2n) is 5.76. The Morgan fingerprint density at radius 2 is 1.64 bits per heavy atom. The summed E-state index contributed by atoms with van der Waals surface area (Å²) in [4.78, 5) is 11.9. The van der Waals surface area contributed by atoms with Gasteiger partial charge in [-0.05, 0) is 51.1 Å². The molecule has 2 aromatic rings. The number of nitrogens with one attached hydrogen (secondary N) is 2. The van der Waals surface area contributed by atoms with Crippen LogP contribution in [0.15, 0.2) is 30.3 Å². The molecule has 0 aliphatic heterocycles. The minimum absolute atomic E-state index is 0.00223. The quantitative estimate of drug-likeness (QED) is 0.913. The molecule has 0 fully saturated rings. The smallest absolute Gasteiger partial charge is 0.256 e. The fourth-order valence-electron chi connectivity index (χ4n) is 1.68. The van der Waals surface area contributed by atoms with Crippen LogP contribution in [0.25, 0.3) is 0 Å². The molecule has 0 saturated heterocycles. The van der Waals surface area contributed by atoms with Gasteiger partial charge in [0.25, 0.3) is 5.91 Å². The van der Waals surface area contributed by atoms with Crippen molar-refractivity contribution < 1.29 is 13.6 Å². The van der Waals surface area contributed by atoms with Gasteiger partial charge in [0, 0.05) is 11.1 Å². The lowest BCUT2D eigenvalue weighted by atomic mass is 10.1. The number of halogens is 2. The molecule has 0 atom stereocenters. The Labute approximate surface area is 126 Å². The first-order valence-electron chi connectivity index (χ1n) is 6.63. The van der Waals surface area contributed by atoms with E-state index in [0.717, 1.165) is 12.1 Å². The van der Waals surface area contributed by atoms with Crippen LogP contribution in [0.4, 0.5) is 20.4 Å². The third-order valence-electron chi connectivity index (χ3n) is 2.59. The van der Waals surface area contributed by atoms with E-state index in [-0.39, 0.29) is 16.9 Å². The molecular formula is C15H16F2N4O. The van der Waals surface area contributed by atoms with Crippen molar-refractivity contribution in [1.29, 1.82) is 0 Å². The number of benzene rings is 1. The first-order chi connectivity index (χ1) is 10.2. The Morgan fingerprint density at radius 3 is 2.18 bits per heavy atom. The lowest BCUT2D eigenvalue weighted by Gasteiger charge is -2.20. The average molecular weight is 306 g/mol. The van der Waals surface area contributed by atoms with Crippen LogP contribution >= 0.6 is 0 Å². The van der Waals surface area contributed by atoms with Crippen molar-refractivity contribution >= 4 is 17.5 Å². The highest BCUT2D eigenvalue weighted by atomic mass is 19.2. The van der Waals surface area contributed by atoms with Crippen LogP contribution in [0.1, 0.15) is 31.1 Å². The van der Waals surface area contributed by atoms with Gasteiger partial charge in [0.2, 0.25) is 0 Å². The highest BCUT2D eigenvalue weighted by Crippen LogP contribution is 2.14. The summed E-state index contributed by atoms with van der Waals surface area (Å²) in [6.45, 7) is 5.94. The average Bonchev–Trinajstić information content (AvgIpc) is 2.42. The minimum Gasteiger partial charge on any atom is -0.364 e. The molecule has 22 heavy (non-hydrogen) atoms. The molecule has 0 radical (unpaired) electrons. The minimum atomic E-state index is -1.08. The Morgan fingerprint density at radius 1 is 1.00 bits per heavy atom. The number of nitrogens with zero attached hydrogens (tertiary/aromatic N) is 2. The summed E-state index contributed by atoms with van der Waals surface area (Å²) in [5, 5.41) is 13.4. The summed E-state index contributed by atoms with van der Waals surface area (Å²) >= 11 is 0. The Balaban J connectivity index is 2.07. The molecule has 1 aromatic heterocycles. The lowest BCUT2D eigenvalue weighted by molar-refractivity contribution is 0.102. The van der Waals surface area contributed by atoms with Crippen LogP contribution in [0.5, 0.6) is 0 Å². The van der Waals surface area contributed by atoms with Gasteiger partial charge in [-0.15, -0.1) is 10.2 Å². The van der Waals surface area contributed by atoms with Crippen molar-refractivity contribution in [3.8, 4) is 0 Å². The normalized spacial score (nSPS) is 11.1. The predicted molar refractivity (Wildman–Crippen MR) is 79.7 cm³/mol. The fraction of sp³-hybridized carbons (Fsp3) is 0.267. The Hall–Kier alpha value is -2.57. The van der Waals surface area contributed by atoms with E-state index in [1.165, 1.54) is 6.07 Å². The summed E-state index contributed by atoms with van der Waals surface area (Å²) < 4.78 is 25.9. The van der Waals surface area contributed by atoms with Gasteiger partial charge in [-0.2, -0.15) is 0 Å². The van der Waals surface area contributed by atoms with E-state index < -0.39 is 17.5 Å².